The van der Waals surface area contributed by atoms with Crippen LogP contribution in [0.5, 0.6) is 5.75 Å². The molecule has 1 fully saturated rings. The Morgan fingerprint density at radius 2 is 1.41 bits per heavy atom. The average molecular weight is 359 g/mol. The lowest BCUT2D eigenvalue weighted by atomic mass is 9.99. The fourth-order valence-corrected chi connectivity index (χ4v) is 3.01. The van der Waals surface area contributed by atoms with Gasteiger partial charge in [0.1, 0.15) is 5.75 Å². The minimum atomic E-state index is 0.208. The molecular formula is C24H25NO2. The first-order valence-electron chi connectivity index (χ1n) is 9.25. The van der Waals surface area contributed by atoms with Crippen LogP contribution in [0.1, 0.15) is 13.3 Å². The third-order valence-corrected chi connectivity index (χ3v) is 4.72. The first-order valence-corrected chi connectivity index (χ1v) is 9.25. The maximum absolute atomic E-state index is 10.5. The first-order chi connectivity index (χ1) is 13.2. The highest BCUT2D eigenvalue weighted by atomic mass is 16.5. The van der Waals surface area contributed by atoms with Gasteiger partial charge in [-0.3, -0.25) is 4.79 Å². The lowest BCUT2D eigenvalue weighted by Crippen LogP contribution is -2.16. The Labute approximate surface area is 161 Å². The molecule has 3 nitrogen and oxygen atoms in total. The van der Waals surface area contributed by atoms with Crippen molar-refractivity contribution in [2.75, 3.05) is 13.7 Å². The topological polar surface area (TPSA) is 38.3 Å². The minimum Gasteiger partial charge on any atom is -0.497 e. The van der Waals surface area contributed by atoms with E-state index in [2.05, 4.69) is 66.0 Å². The van der Waals surface area contributed by atoms with Crippen LogP contribution >= 0.6 is 0 Å². The van der Waals surface area contributed by atoms with Crippen molar-refractivity contribution in [3.8, 4) is 28.0 Å². The molecule has 1 atom stereocenters. The Hall–Kier alpha value is -3.07. The molecule has 3 heteroatoms. The Morgan fingerprint density at radius 3 is 1.89 bits per heavy atom. The van der Waals surface area contributed by atoms with E-state index in [-0.39, 0.29) is 11.8 Å². The van der Waals surface area contributed by atoms with Gasteiger partial charge in [0.05, 0.1) is 7.11 Å². The molecule has 0 aliphatic carbocycles. The lowest BCUT2D eigenvalue weighted by molar-refractivity contribution is -0.121. The van der Waals surface area contributed by atoms with Crippen LogP contribution in [0.4, 0.5) is 0 Å². The second-order valence-electron chi connectivity index (χ2n) is 6.66. The molecule has 0 saturated carbocycles. The number of amides is 1. The molecule has 3 aromatic rings. The number of benzene rings is 3. The molecule has 0 bridgehead atoms. The van der Waals surface area contributed by atoms with Crippen LogP contribution in [0.2, 0.25) is 0 Å². The van der Waals surface area contributed by atoms with Crippen molar-refractivity contribution in [1.82, 2.24) is 5.32 Å². The molecule has 1 N–H and O–H groups in total. The minimum absolute atomic E-state index is 0.208. The van der Waals surface area contributed by atoms with Gasteiger partial charge in [0.25, 0.3) is 0 Å². The summed E-state index contributed by atoms with van der Waals surface area (Å²) in [7, 11) is 1.69. The van der Waals surface area contributed by atoms with Gasteiger partial charge in [0, 0.05) is 12.5 Å². The fourth-order valence-electron chi connectivity index (χ4n) is 3.01. The van der Waals surface area contributed by atoms with Crippen LogP contribution in [0.15, 0.2) is 78.9 Å². The third kappa shape index (κ3) is 4.98. The summed E-state index contributed by atoms with van der Waals surface area (Å²) in [4.78, 5) is 10.5. The number of nitrogens with one attached hydrogen (secondary N) is 1. The van der Waals surface area contributed by atoms with Gasteiger partial charge in [-0.05, 0) is 46.9 Å². The highest BCUT2D eigenvalue weighted by Gasteiger charge is 2.17. The normalized spacial score (nSPS) is 15.5. The van der Waals surface area contributed by atoms with Crippen molar-refractivity contribution in [2.24, 2.45) is 5.92 Å². The Morgan fingerprint density at radius 1 is 0.815 bits per heavy atom. The predicted octanol–water partition coefficient (Wildman–Crippen LogP) is 5.17. The molecule has 0 spiro atoms. The quantitative estimate of drug-likeness (QED) is 0.700. The van der Waals surface area contributed by atoms with Crippen LogP contribution in [0.25, 0.3) is 22.3 Å². The van der Waals surface area contributed by atoms with Gasteiger partial charge in [-0.25, -0.2) is 0 Å². The molecule has 1 aliphatic heterocycles. The molecule has 1 aliphatic rings. The number of methoxy groups -OCH3 is 1. The Kier molecular flexibility index (Phi) is 6.26. The van der Waals surface area contributed by atoms with Crippen LogP contribution in [-0.4, -0.2) is 19.6 Å². The number of carbonyl (C=O) groups is 1. The summed E-state index contributed by atoms with van der Waals surface area (Å²) >= 11 is 0. The van der Waals surface area contributed by atoms with Crippen molar-refractivity contribution >= 4 is 5.91 Å². The summed E-state index contributed by atoms with van der Waals surface area (Å²) < 4.78 is 5.20. The van der Waals surface area contributed by atoms with Gasteiger partial charge in [0.2, 0.25) is 5.91 Å². The monoisotopic (exact) mass is 359 g/mol. The standard InChI is InChI=1S/C19H16O.C5H9NO/c1-20-19-12-10-16(11-13-19)18-9-5-8-17(14-18)15-6-3-2-4-7-15;1-4-2-3-6-5(4)7/h2-14H,1H3;4H,2-3H2,1H3,(H,6,7). The summed E-state index contributed by atoms with van der Waals surface area (Å²) in [5, 5.41) is 2.73. The molecular weight excluding hydrogens is 334 g/mol. The predicted molar refractivity (Wildman–Crippen MR) is 111 cm³/mol. The summed E-state index contributed by atoms with van der Waals surface area (Å²) in [6, 6.07) is 27.2. The van der Waals surface area contributed by atoms with Crippen molar-refractivity contribution < 1.29 is 9.53 Å². The second kappa shape index (κ2) is 9.04. The zero-order chi connectivity index (χ0) is 19.1. The van der Waals surface area contributed by atoms with Crippen molar-refractivity contribution in [1.29, 1.82) is 0 Å². The lowest BCUT2D eigenvalue weighted by Gasteiger charge is -2.07. The van der Waals surface area contributed by atoms with E-state index in [1.807, 2.05) is 25.1 Å². The largest absolute Gasteiger partial charge is 0.497 e. The fraction of sp³-hybridized carbons (Fsp3) is 0.208. The summed E-state index contributed by atoms with van der Waals surface area (Å²) in [5.41, 5.74) is 4.89. The van der Waals surface area contributed by atoms with E-state index in [0.29, 0.717) is 0 Å². The van der Waals surface area contributed by atoms with Gasteiger partial charge in [0.15, 0.2) is 0 Å². The molecule has 0 radical (unpaired) electrons. The number of rotatable bonds is 3. The van der Waals surface area contributed by atoms with Crippen molar-refractivity contribution in [3.63, 3.8) is 0 Å². The maximum Gasteiger partial charge on any atom is 0.222 e. The summed E-state index contributed by atoms with van der Waals surface area (Å²) in [6.07, 6.45) is 1.01. The van der Waals surface area contributed by atoms with E-state index in [4.69, 9.17) is 4.74 Å². The first kappa shape index (κ1) is 18.7. The smallest absolute Gasteiger partial charge is 0.222 e. The second-order valence-corrected chi connectivity index (χ2v) is 6.66. The summed E-state index contributed by atoms with van der Waals surface area (Å²) in [5.74, 6) is 1.35. The Balaban J connectivity index is 0.000000253. The van der Waals surface area contributed by atoms with Crippen molar-refractivity contribution in [3.05, 3.63) is 78.9 Å². The van der Waals surface area contributed by atoms with E-state index in [1.54, 1.807) is 7.11 Å². The van der Waals surface area contributed by atoms with Crippen molar-refractivity contribution in [2.45, 2.75) is 13.3 Å². The maximum atomic E-state index is 10.5. The molecule has 138 valence electrons. The zero-order valence-corrected chi connectivity index (χ0v) is 15.8. The van der Waals surface area contributed by atoms with Gasteiger partial charge >= 0.3 is 0 Å². The number of carbonyl (C=O) groups excluding carboxylic acids is 1. The number of hydrogen-bond acceptors (Lipinski definition) is 2. The van der Waals surface area contributed by atoms with E-state index in [0.717, 1.165) is 18.7 Å². The molecule has 1 saturated heterocycles. The zero-order valence-electron chi connectivity index (χ0n) is 15.8. The van der Waals surface area contributed by atoms with E-state index in [1.165, 1.54) is 22.3 Å². The van der Waals surface area contributed by atoms with E-state index in [9.17, 15) is 4.79 Å². The van der Waals surface area contributed by atoms with Crippen LogP contribution < -0.4 is 10.1 Å². The molecule has 3 aromatic carbocycles. The van der Waals surface area contributed by atoms with Gasteiger partial charge in [-0.2, -0.15) is 0 Å². The Bertz CT molecular complexity index is 872. The molecule has 1 heterocycles. The molecule has 27 heavy (non-hydrogen) atoms. The molecule has 0 aromatic heterocycles. The molecule has 4 rings (SSSR count). The SMILES string of the molecule is CC1CCNC1=O.COc1ccc(-c2cccc(-c3ccccc3)c2)cc1. The van der Waals surface area contributed by atoms with E-state index >= 15 is 0 Å². The highest BCUT2D eigenvalue weighted by molar-refractivity contribution is 5.80. The summed E-state index contributed by atoms with van der Waals surface area (Å²) in [6.45, 7) is 2.82. The molecule has 1 unspecified atom stereocenters. The van der Waals surface area contributed by atoms with E-state index < -0.39 is 0 Å². The number of ether oxygens (including phenoxy) is 1. The highest BCUT2D eigenvalue weighted by Crippen LogP contribution is 2.27. The van der Waals surface area contributed by atoms with Gasteiger partial charge < -0.3 is 10.1 Å². The average Bonchev–Trinajstić information content (AvgIpc) is 3.12. The number of hydrogen-bond donors (Lipinski definition) is 1. The third-order valence-electron chi connectivity index (χ3n) is 4.72. The van der Waals surface area contributed by atoms with Gasteiger partial charge in [-0.15, -0.1) is 0 Å². The molecule has 1 amide bonds. The van der Waals surface area contributed by atoms with Crippen LogP contribution in [0, 0.1) is 5.92 Å². The van der Waals surface area contributed by atoms with Crippen LogP contribution in [-0.2, 0) is 4.79 Å². The van der Waals surface area contributed by atoms with Gasteiger partial charge in [-0.1, -0.05) is 67.6 Å². The van der Waals surface area contributed by atoms with Crippen LogP contribution in [0.3, 0.4) is 0 Å².